The standard InChI is InChI=1S/C10H9F4NO2/c1-15(5-10(12,13)14)8-6(9(16)17)3-2-4-7(8)11/h2-4H,5H2,1H3,(H,16,17). The van der Waals surface area contributed by atoms with E-state index < -0.39 is 35.8 Å². The number of benzene rings is 1. The van der Waals surface area contributed by atoms with E-state index in [4.69, 9.17) is 5.11 Å². The van der Waals surface area contributed by atoms with Crippen molar-refractivity contribution in [1.29, 1.82) is 0 Å². The number of hydrogen-bond acceptors (Lipinski definition) is 2. The van der Waals surface area contributed by atoms with Gasteiger partial charge in [-0.05, 0) is 12.1 Å². The van der Waals surface area contributed by atoms with Crippen LogP contribution in [-0.2, 0) is 0 Å². The first kappa shape index (κ1) is 13.3. The van der Waals surface area contributed by atoms with E-state index in [0.717, 1.165) is 25.2 Å². The van der Waals surface area contributed by atoms with E-state index in [0.29, 0.717) is 4.90 Å². The fraction of sp³-hybridized carbons (Fsp3) is 0.300. The van der Waals surface area contributed by atoms with Crippen LogP contribution >= 0.6 is 0 Å². The molecule has 0 radical (unpaired) electrons. The van der Waals surface area contributed by atoms with Crippen LogP contribution in [0.1, 0.15) is 10.4 Å². The van der Waals surface area contributed by atoms with Crippen LogP contribution in [-0.4, -0.2) is 30.8 Å². The topological polar surface area (TPSA) is 40.5 Å². The smallest absolute Gasteiger partial charge is 0.405 e. The summed E-state index contributed by atoms with van der Waals surface area (Å²) in [7, 11) is 0.984. The number of anilines is 1. The molecule has 17 heavy (non-hydrogen) atoms. The molecule has 1 N–H and O–H groups in total. The fourth-order valence-electron chi connectivity index (χ4n) is 1.42. The molecule has 94 valence electrons. The Hall–Kier alpha value is -1.79. The summed E-state index contributed by atoms with van der Waals surface area (Å²) in [6.45, 7) is -1.42. The van der Waals surface area contributed by atoms with Gasteiger partial charge in [0, 0.05) is 7.05 Å². The molecular weight excluding hydrogens is 242 g/mol. The predicted molar refractivity (Wildman–Crippen MR) is 52.7 cm³/mol. The minimum atomic E-state index is -4.53. The van der Waals surface area contributed by atoms with Crippen molar-refractivity contribution in [2.45, 2.75) is 6.18 Å². The van der Waals surface area contributed by atoms with E-state index in [1.54, 1.807) is 0 Å². The molecule has 0 aromatic heterocycles. The highest BCUT2D eigenvalue weighted by Gasteiger charge is 2.31. The highest BCUT2D eigenvalue weighted by molar-refractivity contribution is 5.94. The van der Waals surface area contributed by atoms with Gasteiger partial charge in [-0.3, -0.25) is 0 Å². The summed E-state index contributed by atoms with van der Waals surface area (Å²) in [4.78, 5) is 11.3. The molecule has 7 heteroatoms. The second-order valence-electron chi connectivity index (χ2n) is 3.41. The second kappa shape index (κ2) is 4.60. The predicted octanol–water partition coefficient (Wildman–Crippen LogP) is 2.52. The van der Waals surface area contributed by atoms with E-state index >= 15 is 0 Å². The molecule has 0 spiro atoms. The van der Waals surface area contributed by atoms with E-state index in [1.165, 1.54) is 0 Å². The molecule has 0 unspecified atom stereocenters. The van der Waals surface area contributed by atoms with Crippen LogP contribution in [0.15, 0.2) is 18.2 Å². The van der Waals surface area contributed by atoms with Gasteiger partial charge in [-0.25, -0.2) is 9.18 Å². The molecule has 0 amide bonds. The van der Waals surface area contributed by atoms with Crippen LogP contribution in [0, 0.1) is 5.82 Å². The minimum Gasteiger partial charge on any atom is -0.478 e. The molecule has 0 aliphatic rings. The molecule has 0 saturated carbocycles. The SMILES string of the molecule is CN(CC(F)(F)F)c1c(F)cccc1C(=O)O. The summed E-state index contributed by atoms with van der Waals surface area (Å²) in [6, 6.07) is 3.09. The van der Waals surface area contributed by atoms with E-state index in [9.17, 15) is 22.4 Å². The number of hydrogen-bond donors (Lipinski definition) is 1. The summed E-state index contributed by atoms with van der Waals surface area (Å²) < 4.78 is 49.8. The van der Waals surface area contributed by atoms with Crippen molar-refractivity contribution in [2.75, 3.05) is 18.5 Å². The maximum Gasteiger partial charge on any atom is 0.405 e. The van der Waals surface area contributed by atoms with Crippen molar-refractivity contribution in [2.24, 2.45) is 0 Å². The zero-order valence-electron chi connectivity index (χ0n) is 8.75. The molecule has 0 atom stereocenters. The molecule has 0 bridgehead atoms. The van der Waals surface area contributed by atoms with Crippen molar-refractivity contribution in [3.05, 3.63) is 29.6 Å². The van der Waals surface area contributed by atoms with Crippen LogP contribution in [0.25, 0.3) is 0 Å². The highest BCUT2D eigenvalue weighted by atomic mass is 19.4. The minimum absolute atomic E-state index is 0.503. The Morgan fingerprint density at radius 1 is 1.41 bits per heavy atom. The van der Waals surface area contributed by atoms with Crippen LogP contribution in [0.4, 0.5) is 23.2 Å². The van der Waals surface area contributed by atoms with Crippen LogP contribution in [0.3, 0.4) is 0 Å². The number of carboxylic acids is 1. The fourth-order valence-corrected chi connectivity index (χ4v) is 1.42. The van der Waals surface area contributed by atoms with Gasteiger partial charge >= 0.3 is 12.1 Å². The number of nitrogens with zero attached hydrogens (tertiary/aromatic N) is 1. The summed E-state index contributed by atoms with van der Waals surface area (Å²) in [5.74, 6) is -2.48. The number of alkyl halides is 3. The van der Waals surface area contributed by atoms with E-state index in [-0.39, 0.29) is 0 Å². The number of carboxylic acid groups (broad SMARTS) is 1. The quantitative estimate of drug-likeness (QED) is 0.839. The number of aromatic carboxylic acids is 1. The largest absolute Gasteiger partial charge is 0.478 e. The summed E-state index contributed by atoms with van der Waals surface area (Å²) in [5.41, 5.74) is -1.07. The zero-order chi connectivity index (χ0) is 13.2. The number of para-hydroxylation sites is 1. The first-order valence-corrected chi connectivity index (χ1v) is 4.52. The number of rotatable bonds is 3. The molecule has 3 nitrogen and oxygen atoms in total. The molecule has 1 rings (SSSR count). The third kappa shape index (κ3) is 3.33. The first-order chi connectivity index (χ1) is 7.72. The average Bonchev–Trinajstić information content (AvgIpc) is 2.13. The van der Waals surface area contributed by atoms with Crippen molar-refractivity contribution in [3.63, 3.8) is 0 Å². The average molecular weight is 251 g/mol. The Morgan fingerprint density at radius 2 is 2.00 bits per heavy atom. The van der Waals surface area contributed by atoms with E-state index in [2.05, 4.69) is 0 Å². The number of halogens is 4. The lowest BCUT2D eigenvalue weighted by Crippen LogP contribution is -2.32. The highest BCUT2D eigenvalue weighted by Crippen LogP contribution is 2.26. The van der Waals surface area contributed by atoms with Crippen molar-refractivity contribution < 1.29 is 27.5 Å². The van der Waals surface area contributed by atoms with Gasteiger partial charge in [0.15, 0.2) is 0 Å². The third-order valence-electron chi connectivity index (χ3n) is 2.02. The maximum atomic E-state index is 13.4. The lowest BCUT2D eigenvalue weighted by Gasteiger charge is -2.22. The van der Waals surface area contributed by atoms with Crippen LogP contribution < -0.4 is 4.90 Å². The summed E-state index contributed by atoms with van der Waals surface area (Å²) in [5, 5.41) is 8.76. The molecule has 1 aromatic carbocycles. The lowest BCUT2D eigenvalue weighted by atomic mass is 10.1. The van der Waals surface area contributed by atoms with Gasteiger partial charge in [0.2, 0.25) is 0 Å². The van der Waals surface area contributed by atoms with E-state index in [1.807, 2.05) is 0 Å². The van der Waals surface area contributed by atoms with Crippen molar-refractivity contribution in [1.82, 2.24) is 0 Å². The Balaban J connectivity index is 3.16. The van der Waals surface area contributed by atoms with Crippen molar-refractivity contribution in [3.8, 4) is 0 Å². The van der Waals surface area contributed by atoms with Crippen molar-refractivity contribution >= 4 is 11.7 Å². The van der Waals surface area contributed by atoms with Gasteiger partial charge in [-0.15, -0.1) is 0 Å². The van der Waals surface area contributed by atoms with Gasteiger partial charge in [0.1, 0.15) is 12.4 Å². The molecular formula is C10H9F4NO2. The number of carbonyl (C=O) groups is 1. The molecule has 0 heterocycles. The van der Waals surface area contributed by atoms with Gasteiger partial charge in [0.25, 0.3) is 0 Å². The summed E-state index contributed by atoms with van der Waals surface area (Å²) >= 11 is 0. The van der Waals surface area contributed by atoms with Gasteiger partial charge in [-0.1, -0.05) is 6.07 Å². The maximum absolute atomic E-state index is 13.4. The molecule has 0 fully saturated rings. The molecule has 0 saturated heterocycles. The zero-order valence-corrected chi connectivity index (χ0v) is 8.75. The third-order valence-corrected chi connectivity index (χ3v) is 2.02. The first-order valence-electron chi connectivity index (χ1n) is 4.52. The van der Waals surface area contributed by atoms with Crippen LogP contribution in [0.2, 0.25) is 0 Å². The van der Waals surface area contributed by atoms with Gasteiger partial charge in [0.05, 0.1) is 11.3 Å². The van der Waals surface area contributed by atoms with Gasteiger partial charge < -0.3 is 10.0 Å². The molecule has 0 aliphatic carbocycles. The van der Waals surface area contributed by atoms with Crippen LogP contribution in [0.5, 0.6) is 0 Å². The normalized spacial score (nSPS) is 11.4. The second-order valence-corrected chi connectivity index (χ2v) is 3.41. The Kier molecular flexibility index (Phi) is 3.59. The lowest BCUT2D eigenvalue weighted by molar-refractivity contribution is -0.119. The molecule has 1 aromatic rings. The van der Waals surface area contributed by atoms with Gasteiger partial charge in [-0.2, -0.15) is 13.2 Å². The molecule has 0 aliphatic heterocycles. The monoisotopic (exact) mass is 251 g/mol. The Labute approximate surface area is 94.3 Å². The summed E-state index contributed by atoms with van der Waals surface area (Å²) in [6.07, 6.45) is -4.53. The Morgan fingerprint density at radius 3 is 2.47 bits per heavy atom. The Bertz CT molecular complexity index is 431.